The molecule has 10 heteroatoms. The van der Waals surface area contributed by atoms with Crippen molar-refractivity contribution in [2.45, 2.75) is 37.9 Å². The van der Waals surface area contributed by atoms with E-state index in [1.807, 2.05) is 25.5 Å². The summed E-state index contributed by atoms with van der Waals surface area (Å²) in [6.45, 7) is 8.99. The van der Waals surface area contributed by atoms with Crippen molar-refractivity contribution >= 4 is 27.3 Å². The Hall–Kier alpha value is -1.91. The maximum absolute atomic E-state index is 12.1. The fourth-order valence-corrected chi connectivity index (χ4v) is 4.58. The molecule has 2 rings (SSSR count). The second-order valence-electron chi connectivity index (χ2n) is 6.02. The maximum Gasteiger partial charge on any atom is 0.250 e. The number of aromatic nitrogens is 2. The van der Waals surface area contributed by atoms with E-state index < -0.39 is 10.0 Å². The first-order chi connectivity index (χ1) is 12.9. The average Bonchev–Trinajstić information content (AvgIpc) is 3.26. The predicted molar refractivity (Wildman–Crippen MR) is 110 cm³/mol. The van der Waals surface area contributed by atoms with Gasteiger partial charge in [0.1, 0.15) is 4.21 Å². The molecule has 27 heavy (non-hydrogen) atoms. The number of aliphatic imine (C=N–C) groups is 1. The Morgan fingerprint density at radius 1 is 1.30 bits per heavy atom. The number of thiophene rings is 1. The molecule has 0 aliphatic rings. The van der Waals surface area contributed by atoms with E-state index >= 15 is 0 Å². The second kappa shape index (κ2) is 10.4. The molecule has 8 nitrogen and oxygen atoms in total. The summed E-state index contributed by atoms with van der Waals surface area (Å²) in [6, 6.07) is 5.38. The average molecular weight is 413 g/mol. The van der Waals surface area contributed by atoms with Gasteiger partial charge in [-0.05, 0) is 44.7 Å². The molecule has 0 atom stereocenters. The van der Waals surface area contributed by atoms with Crippen molar-refractivity contribution in [2.75, 3.05) is 26.2 Å². The van der Waals surface area contributed by atoms with Crippen LogP contribution in [-0.2, 0) is 16.6 Å². The molecule has 0 bridgehead atoms. The van der Waals surface area contributed by atoms with E-state index in [0.29, 0.717) is 23.3 Å². The largest absolute Gasteiger partial charge is 0.357 e. The molecule has 2 aromatic rings. The minimum absolute atomic E-state index is 0.288. The van der Waals surface area contributed by atoms with Gasteiger partial charge in [-0.1, -0.05) is 6.07 Å². The van der Waals surface area contributed by atoms with Crippen LogP contribution in [0.2, 0.25) is 0 Å². The Morgan fingerprint density at radius 2 is 2.11 bits per heavy atom. The molecule has 0 aromatic carbocycles. The van der Waals surface area contributed by atoms with Crippen molar-refractivity contribution in [1.29, 1.82) is 0 Å². The van der Waals surface area contributed by atoms with E-state index in [9.17, 15) is 8.42 Å². The van der Waals surface area contributed by atoms with Gasteiger partial charge >= 0.3 is 0 Å². The molecule has 0 fully saturated rings. The molecule has 0 aliphatic carbocycles. The molecule has 0 amide bonds. The first-order valence-corrected chi connectivity index (χ1v) is 11.3. The number of sulfonamides is 1. The number of nitrogens with one attached hydrogen (secondary N) is 3. The van der Waals surface area contributed by atoms with E-state index in [1.165, 1.54) is 11.3 Å². The summed E-state index contributed by atoms with van der Waals surface area (Å²) in [6.07, 6.45) is 0.879. The quantitative estimate of drug-likeness (QED) is 0.312. The molecular weight excluding hydrogens is 384 g/mol. The third-order valence-electron chi connectivity index (χ3n) is 3.71. The van der Waals surface area contributed by atoms with E-state index in [-0.39, 0.29) is 6.54 Å². The summed E-state index contributed by atoms with van der Waals surface area (Å²) < 4.78 is 29.0. The van der Waals surface area contributed by atoms with Crippen LogP contribution in [0.1, 0.15) is 24.7 Å². The molecule has 0 aliphatic heterocycles. The Bertz CT molecular complexity index is 828. The van der Waals surface area contributed by atoms with Crippen LogP contribution >= 0.6 is 11.3 Å². The lowest BCUT2D eigenvalue weighted by molar-refractivity contribution is 0.566. The van der Waals surface area contributed by atoms with Crippen LogP contribution in [0, 0.1) is 13.8 Å². The Balaban J connectivity index is 1.74. The Labute approximate surface area is 165 Å². The van der Waals surface area contributed by atoms with Gasteiger partial charge in [0.15, 0.2) is 5.96 Å². The highest BCUT2D eigenvalue weighted by Gasteiger charge is 2.13. The molecule has 150 valence electrons. The first kappa shape index (κ1) is 21.4. The summed E-state index contributed by atoms with van der Waals surface area (Å²) >= 11 is 1.20. The molecule has 0 radical (unpaired) electrons. The van der Waals surface area contributed by atoms with Gasteiger partial charge in [0.05, 0.1) is 5.69 Å². The molecule has 2 aromatic heterocycles. The predicted octanol–water partition coefficient (Wildman–Crippen LogP) is 1.49. The summed E-state index contributed by atoms with van der Waals surface area (Å²) in [4.78, 5) is 4.53. The van der Waals surface area contributed by atoms with Gasteiger partial charge in [0.25, 0.3) is 0 Å². The normalized spacial score (nSPS) is 12.3. The van der Waals surface area contributed by atoms with Crippen molar-refractivity contribution in [3.05, 3.63) is 35.0 Å². The molecule has 0 spiro atoms. The van der Waals surface area contributed by atoms with Crippen LogP contribution in [0.25, 0.3) is 0 Å². The zero-order valence-electron chi connectivity index (χ0n) is 16.0. The highest BCUT2D eigenvalue weighted by atomic mass is 32.2. The van der Waals surface area contributed by atoms with Crippen molar-refractivity contribution < 1.29 is 8.42 Å². The summed E-state index contributed by atoms with van der Waals surface area (Å²) in [5.74, 6) is 0.682. The minimum atomic E-state index is -3.42. The molecule has 0 unspecified atom stereocenters. The smallest absolute Gasteiger partial charge is 0.250 e. The standard InChI is InChI=1S/C17H28N6O2S2/c1-4-18-17(19-8-6-11-23-15(3)13-14(2)22-23)20-9-10-21-27(24,25)16-7-5-12-26-16/h5,7,12-13,21H,4,6,8-11H2,1-3H3,(H2,18,19,20). The summed E-state index contributed by atoms with van der Waals surface area (Å²) in [5, 5.41) is 12.5. The Kier molecular flexibility index (Phi) is 8.26. The third kappa shape index (κ3) is 6.96. The van der Waals surface area contributed by atoms with Crippen molar-refractivity contribution in [3.63, 3.8) is 0 Å². The number of nitrogens with zero attached hydrogens (tertiary/aromatic N) is 3. The highest BCUT2D eigenvalue weighted by molar-refractivity contribution is 7.91. The fraction of sp³-hybridized carbons (Fsp3) is 0.529. The minimum Gasteiger partial charge on any atom is -0.357 e. The zero-order valence-corrected chi connectivity index (χ0v) is 17.7. The molecule has 0 saturated carbocycles. The first-order valence-electron chi connectivity index (χ1n) is 8.99. The number of guanidine groups is 1. The van der Waals surface area contributed by atoms with E-state index in [4.69, 9.17) is 0 Å². The lowest BCUT2D eigenvalue weighted by atomic mass is 10.4. The van der Waals surface area contributed by atoms with E-state index in [0.717, 1.165) is 30.9 Å². The molecule has 0 saturated heterocycles. The van der Waals surface area contributed by atoms with Gasteiger partial charge in [0, 0.05) is 38.4 Å². The van der Waals surface area contributed by atoms with Crippen LogP contribution in [-0.4, -0.2) is 50.3 Å². The SMILES string of the molecule is CCNC(=NCCCn1nc(C)cc1C)NCCNS(=O)(=O)c1cccs1. The van der Waals surface area contributed by atoms with Crippen molar-refractivity contribution in [3.8, 4) is 0 Å². The topological polar surface area (TPSA) is 100 Å². The van der Waals surface area contributed by atoms with Gasteiger partial charge in [-0.15, -0.1) is 11.3 Å². The van der Waals surface area contributed by atoms with Crippen LogP contribution < -0.4 is 15.4 Å². The van der Waals surface area contributed by atoms with E-state index in [1.54, 1.807) is 17.5 Å². The number of hydrogen-bond donors (Lipinski definition) is 3. The number of aryl methyl sites for hydroxylation is 3. The lowest BCUT2D eigenvalue weighted by Crippen LogP contribution is -2.41. The van der Waals surface area contributed by atoms with Crippen LogP contribution in [0.15, 0.2) is 32.8 Å². The van der Waals surface area contributed by atoms with Crippen molar-refractivity contribution in [2.24, 2.45) is 4.99 Å². The monoisotopic (exact) mass is 412 g/mol. The number of hydrogen-bond acceptors (Lipinski definition) is 5. The third-order valence-corrected chi connectivity index (χ3v) is 6.57. The summed E-state index contributed by atoms with van der Waals surface area (Å²) in [7, 11) is -3.42. The van der Waals surface area contributed by atoms with E-state index in [2.05, 4.69) is 31.5 Å². The Morgan fingerprint density at radius 3 is 2.74 bits per heavy atom. The molecule has 2 heterocycles. The highest BCUT2D eigenvalue weighted by Crippen LogP contribution is 2.14. The summed E-state index contributed by atoms with van der Waals surface area (Å²) in [5.41, 5.74) is 2.18. The fourth-order valence-electron chi connectivity index (χ4n) is 2.51. The zero-order chi connectivity index (χ0) is 19.7. The lowest BCUT2D eigenvalue weighted by Gasteiger charge is -2.12. The van der Waals surface area contributed by atoms with Crippen molar-refractivity contribution in [1.82, 2.24) is 25.1 Å². The van der Waals surface area contributed by atoms with Gasteiger partial charge in [-0.25, -0.2) is 13.1 Å². The van der Waals surface area contributed by atoms with Gasteiger partial charge < -0.3 is 10.6 Å². The molecule has 3 N–H and O–H groups in total. The molecular formula is C17H28N6O2S2. The van der Waals surface area contributed by atoms with Crippen LogP contribution in [0.4, 0.5) is 0 Å². The second-order valence-corrected chi connectivity index (χ2v) is 8.96. The van der Waals surface area contributed by atoms with Crippen LogP contribution in [0.5, 0.6) is 0 Å². The number of rotatable bonds is 10. The van der Waals surface area contributed by atoms with Gasteiger partial charge in [-0.2, -0.15) is 5.10 Å². The van der Waals surface area contributed by atoms with Gasteiger partial charge in [0.2, 0.25) is 10.0 Å². The van der Waals surface area contributed by atoms with Gasteiger partial charge in [-0.3, -0.25) is 9.67 Å². The van der Waals surface area contributed by atoms with Crippen LogP contribution in [0.3, 0.4) is 0 Å². The maximum atomic E-state index is 12.1.